The second-order valence-electron chi connectivity index (χ2n) is 7.63. The van der Waals surface area contributed by atoms with Crippen LogP contribution in [-0.2, 0) is 11.2 Å². The monoisotopic (exact) mass is 359 g/mol. The minimum atomic E-state index is 0.234. The van der Waals surface area contributed by atoms with Gasteiger partial charge in [-0.1, -0.05) is 0 Å². The van der Waals surface area contributed by atoms with Crippen LogP contribution in [0.4, 0.5) is 5.82 Å². The van der Waals surface area contributed by atoms with Crippen LogP contribution in [0.1, 0.15) is 56.1 Å². The summed E-state index contributed by atoms with van der Waals surface area (Å²) in [7, 11) is 2.13. The minimum absolute atomic E-state index is 0.234. The van der Waals surface area contributed by atoms with Crippen molar-refractivity contribution >= 4 is 11.7 Å². The molecule has 1 saturated heterocycles. The molecule has 26 heavy (non-hydrogen) atoms. The average Bonchev–Trinajstić information content (AvgIpc) is 2.63. The Bertz CT molecular complexity index is 643. The molecule has 3 rings (SSSR count). The van der Waals surface area contributed by atoms with Crippen LogP contribution >= 0.6 is 0 Å². The maximum Gasteiger partial charge on any atom is 0.236 e. The third-order valence-electron chi connectivity index (χ3n) is 5.84. The number of carbonyl (C=O) groups excluding carboxylic acids is 1. The number of fused-ring (bicyclic) bond motifs is 1. The van der Waals surface area contributed by atoms with E-state index in [0.29, 0.717) is 12.5 Å². The summed E-state index contributed by atoms with van der Waals surface area (Å²) in [6, 6.07) is 0. The van der Waals surface area contributed by atoms with Gasteiger partial charge < -0.3 is 9.80 Å². The van der Waals surface area contributed by atoms with Gasteiger partial charge >= 0.3 is 0 Å². The first-order valence-electron chi connectivity index (χ1n) is 10.1. The molecular formula is C20H33N5O. The molecule has 0 bridgehead atoms. The zero-order valence-corrected chi connectivity index (χ0v) is 16.8. The molecule has 0 saturated carbocycles. The fourth-order valence-electron chi connectivity index (χ4n) is 4.27. The lowest BCUT2D eigenvalue weighted by Gasteiger charge is -2.34. The number of aryl methyl sites for hydroxylation is 1. The highest BCUT2D eigenvalue weighted by Gasteiger charge is 2.28. The standard InChI is InChI=1S/C20H33N5O/c1-5-25(6-2)18(26)14-24-12-7-9-16(13-24)19-21-15(3)17-10-8-11-23(4)20(17)22-19/h16H,5-14H2,1-4H3/t16-/m1/s1. The third-order valence-corrected chi connectivity index (χ3v) is 5.84. The second kappa shape index (κ2) is 8.33. The summed E-state index contributed by atoms with van der Waals surface area (Å²) in [5, 5.41) is 0. The Morgan fingerprint density at radius 3 is 2.69 bits per heavy atom. The van der Waals surface area contributed by atoms with E-state index in [1.807, 2.05) is 18.7 Å². The molecule has 1 atom stereocenters. The summed E-state index contributed by atoms with van der Waals surface area (Å²) in [5.74, 6) is 2.65. The predicted molar refractivity (Wildman–Crippen MR) is 105 cm³/mol. The topological polar surface area (TPSA) is 52.6 Å². The number of amides is 1. The van der Waals surface area contributed by atoms with Gasteiger partial charge in [0.05, 0.1) is 6.54 Å². The number of likely N-dealkylation sites (N-methyl/N-ethyl adjacent to an activating group) is 1. The van der Waals surface area contributed by atoms with E-state index in [-0.39, 0.29) is 5.91 Å². The molecule has 1 amide bonds. The summed E-state index contributed by atoms with van der Waals surface area (Å²) in [6.45, 7) is 11.2. The molecule has 1 aromatic rings. The normalized spacial score (nSPS) is 20.8. The molecule has 0 spiro atoms. The molecule has 144 valence electrons. The van der Waals surface area contributed by atoms with Crippen molar-refractivity contribution < 1.29 is 4.79 Å². The summed E-state index contributed by atoms with van der Waals surface area (Å²) in [4.78, 5) is 28.7. The van der Waals surface area contributed by atoms with E-state index in [4.69, 9.17) is 9.97 Å². The highest BCUT2D eigenvalue weighted by Crippen LogP contribution is 2.30. The van der Waals surface area contributed by atoms with Crippen LogP contribution in [0.2, 0.25) is 0 Å². The van der Waals surface area contributed by atoms with Gasteiger partial charge in [0.15, 0.2) is 0 Å². The van der Waals surface area contributed by atoms with E-state index in [1.54, 1.807) is 0 Å². The van der Waals surface area contributed by atoms with Crippen molar-refractivity contribution in [3.8, 4) is 0 Å². The molecule has 2 aliphatic rings. The number of hydrogen-bond acceptors (Lipinski definition) is 5. The van der Waals surface area contributed by atoms with Crippen LogP contribution < -0.4 is 4.90 Å². The van der Waals surface area contributed by atoms with Crippen LogP contribution in [0.5, 0.6) is 0 Å². The van der Waals surface area contributed by atoms with E-state index in [9.17, 15) is 4.79 Å². The molecule has 0 aliphatic carbocycles. The van der Waals surface area contributed by atoms with Gasteiger partial charge in [0, 0.05) is 50.4 Å². The Labute approximate surface area is 157 Å². The SMILES string of the molecule is CCN(CC)C(=O)CN1CCC[C@@H](c2nc(C)c3c(n2)N(C)CCC3)C1. The lowest BCUT2D eigenvalue weighted by atomic mass is 9.96. The predicted octanol–water partition coefficient (Wildman–Crippen LogP) is 2.22. The zero-order valence-electron chi connectivity index (χ0n) is 16.8. The fraction of sp³-hybridized carbons (Fsp3) is 0.750. The number of nitrogens with zero attached hydrogens (tertiary/aromatic N) is 5. The van der Waals surface area contributed by atoms with Crippen molar-refractivity contribution in [2.75, 3.05) is 51.2 Å². The number of piperidine rings is 1. The average molecular weight is 360 g/mol. The largest absolute Gasteiger partial charge is 0.359 e. The lowest BCUT2D eigenvalue weighted by molar-refractivity contribution is -0.132. The Morgan fingerprint density at radius 1 is 1.19 bits per heavy atom. The summed E-state index contributed by atoms with van der Waals surface area (Å²) >= 11 is 0. The number of rotatable bonds is 5. The quantitative estimate of drug-likeness (QED) is 0.807. The molecule has 0 aromatic carbocycles. The highest BCUT2D eigenvalue weighted by molar-refractivity contribution is 5.78. The van der Waals surface area contributed by atoms with Gasteiger partial charge in [0.1, 0.15) is 11.6 Å². The lowest BCUT2D eigenvalue weighted by Crippen LogP contribution is -2.44. The number of anilines is 1. The summed E-state index contributed by atoms with van der Waals surface area (Å²) < 4.78 is 0. The van der Waals surface area contributed by atoms with E-state index >= 15 is 0 Å². The summed E-state index contributed by atoms with van der Waals surface area (Å²) in [5.41, 5.74) is 2.44. The molecule has 0 N–H and O–H groups in total. The number of carbonyl (C=O) groups is 1. The first-order chi connectivity index (χ1) is 12.5. The number of likely N-dealkylation sites (tertiary alicyclic amines) is 1. The van der Waals surface area contributed by atoms with Crippen LogP contribution in [0, 0.1) is 6.92 Å². The van der Waals surface area contributed by atoms with Gasteiger partial charge in [-0.05, 0) is 53.0 Å². The van der Waals surface area contributed by atoms with Crippen LogP contribution in [0.25, 0.3) is 0 Å². The van der Waals surface area contributed by atoms with E-state index < -0.39 is 0 Å². The van der Waals surface area contributed by atoms with Crippen molar-refractivity contribution in [2.45, 2.75) is 52.4 Å². The first-order valence-corrected chi connectivity index (χ1v) is 10.1. The van der Waals surface area contributed by atoms with Gasteiger partial charge in [0.2, 0.25) is 5.91 Å². The Kier molecular flexibility index (Phi) is 6.12. The third kappa shape index (κ3) is 4.00. The zero-order chi connectivity index (χ0) is 18.7. The second-order valence-corrected chi connectivity index (χ2v) is 7.63. The smallest absolute Gasteiger partial charge is 0.236 e. The van der Waals surface area contributed by atoms with E-state index in [2.05, 4.69) is 23.8 Å². The van der Waals surface area contributed by atoms with E-state index in [1.165, 1.54) is 12.0 Å². The van der Waals surface area contributed by atoms with Crippen LogP contribution in [-0.4, -0.2) is 72.0 Å². The maximum absolute atomic E-state index is 12.5. The van der Waals surface area contributed by atoms with Crippen LogP contribution in [0.3, 0.4) is 0 Å². The molecule has 6 nitrogen and oxygen atoms in total. The molecule has 0 unspecified atom stereocenters. The van der Waals surface area contributed by atoms with Gasteiger partial charge in [-0.2, -0.15) is 0 Å². The summed E-state index contributed by atoms with van der Waals surface area (Å²) in [6.07, 6.45) is 4.47. The molecule has 0 radical (unpaired) electrons. The molecular weight excluding hydrogens is 326 g/mol. The molecule has 1 fully saturated rings. The Balaban J connectivity index is 1.73. The van der Waals surface area contributed by atoms with Gasteiger partial charge in [-0.3, -0.25) is 9.69 Å². The molecule has 2 aliphatic heterocycles. The molecule has 3 heterocycles. The Morgan fingerprint density at radius 2 is 1.96 bits per heavy atom. The minimum Gasteiger partial charge on any atom is -0.359 e. The van der Waals surface area contributed by atoms with Gasteiger partial charge in [-0.25, -0.2) is 9.97 Å². The first kappa shape index (κ1) is 19.1. The van der Waals surface area contributed by atoms with Crippen molar-refractivity contribution in [1.29, 1.82) is 0 Å². The molecule has 1 aromatic heterocycles. The Hall–Kier alpha value is -1.69. The van der Waals surface area contributed by atoms with Crippen molar-refractivity contribution in [2.24, 2.45) is 0 Å². The van der Waals surface area contributed by atoms with Crippen LogP contribution in [0.15, 0.2) is 0 Å². The van der Waals surface area contributed by atoms with Crippen molar-refractivity contribution in [1.82, 2.24) is 19.8 Å². The van der Waals surface area contributed by atoms with E-state index in [0.717, 1.165) is 69.3 Å². The number of hydrogen-bond donors (Lipinski definition) is 0. The van der Waals surface area contributed by atoms with Crippen molar-refractivity contribution in [3.63, 3.8) is 0 Å². The maximum atomic E-state index is 12.5. The van der Waals surface area contributed by atoms with Crippen molar-refractivity contribution in [3.05, 3.63) is 17.1 Å². The van der Waals surface area contributed by atoms with Gasteiger partial charge in [0.25, 0.3) is 0 Å². The number of aromatic nitrogens is 2. The fourth-order valence-corrected chi connectivity index (χ4v) is 4.27. The van der Waals surface area contributed by atoms with Gasteiger partial charge in [-0.15, -0.1) is 0 Å². The highest BCUT2D eigenvalue weighted by atomic mass is 16.2. The molecule has 6 heteroatoms.